The molecule has 6 atom stereocenters. The Kier molecular flexibility index (Phi) is 3.99. The minimum Gasteiger partial charge on any atom is -0.459 e. The molecule has 2 amide bonds. The summed E-state index contributed by atoms with van der Waals surface area (Å²) in [6.07, 6.45) is 7.74. The molecular formula is C22H29NO4. The Bertz CT molecular complexity index is 707. The second-order valence-corrected chi connectivity index (χ2v) is 9.54. The first-order chi connectivity index (χ1) is 13.0. The minimum absolute atomic E-state index is 0.0491. The number of carbonyl (C=O) groups is 3. The van der Waals surface area contributed by atoms with E-state index in [0.717, 1.165) is 11.8 Å². The number of fused-ring (bicyclic) bond motifs is 8. The Balaban J connectivity index is 1.21. The molecule has 5 heteroatoms. The van der Waals surface area contributed by atoms with E-state index in [2.05, 4.69) is 6.58 Å². The standard InChI is InChI=1S/C22H29NO4/c1-11(2)22(26)27-13-8-6-12(7-9-13)20(24)23-19-17-10-16(18(19)21(23)25)14-4-3-5-15(14)17/h12-19H,1,3-10H2,2H3. The summed E-state index contributed by atoms with van der Waals surface area (Å²) in [6, 6.07) is 0.202. The van der Waals surface area contributed by atoms with E-state index in [1.807, 2.05) is 0 Å². The highest BCUT2D eigenvalue weighted by Crippen LogP contribution is 2.65. The van der Waals surface area contributed by atoms with Crippen LogP contribution < -0.4 is 0 Å². The van der Waals surface area contributed by atoms with E-state index in [0.29, 0.717) is 43.1 Å². The maximum Gasteiger partial charge on any atom is 0.333 e. The van der Waals surface area contributed by atoms with Crippen molar-refractivity contribution >= 4 is 17.8 Å². The summed E-state index contributed by atoms with van der Waals surface area (Å²) < 4.78 is 5.43. The normalized spacial score (nSPS) is 44.5. The van der Waals surface area contributed by atoms with Gasteiger partial charge in [0.15, 0.2) is 0 Å². The number of imide groups is 1. The SMILES string of the molecule is C=C(C)C(=O)OC1CCC(C(=O)N2C(=O)C3C4CC(C5CCCC54)C32)CC1. The summed E-state index contributed by atoms with van der Waals surface area (Å²) >= 11 is 0. The van der Waals surface area contributed by atoms with Gasteiger partial charge < -0.3 is 4.74 Å². The predicted octanol–water partition coefficient (Wildman–Crippen LogP) is 3.08. The fourth-order valence-corrected chi connectivity index (χ4v) is 7.11. The molecule has 146 valence electrons. The summed E-state index contributed by atoms with van der Waals surface area (Å²) in [6.45, 7) is 5.26. The number of esters is 1. The lowest BCUT2D eigenvalue weighted by atomic mass is 9.67. The molecule has 6 unspecified atom stereocenters. The zero-order chi connectivity index (χ0) is 18.9. The second kappa shape index (κ2) is 6.18. The van der Waals surface area contributed by atoms with Crippen LogP contribution in [0.25, 0.3) is 0 Å². The quantitative estimate of drug-likeness (QED) is 0.331. The third kappa shape index (κ3) is 2.46. The highest BCUT2D eigenvalue weighted by atomic mass is 16.5. The number of hydrogen-bond acceptors (Lipinski definition) is 4. The molecule has 4 aliphatic carbocycles. The summed E-state index contributed by atoms with van der Waals surface area (Å²) in [5, 5.41) is 0. The van der Waals surface area contributed by atoms with Crippen molar-refractivity contribution in [3.8, 4) is 0 Å². The first-order valence-electron chi connectivity index (χ1n) is 10.7. The van der Waals surface area contributed by atoms with Gasteiger partial charge in [0.05, 0.1) is 12.0 Å². The molecule has 0 spiro atoms. The molecule has 0 aromatic carbocycles. The van der Waals surface area contributed by atoms with E-state index in [-0.39, 0.29) is 41.8 Å². The number of hydrogen-bond donors (Lipinski definition) is 0. The average molecular weight is 371 g/mol. The van der Waals surface area contributed by atoms with E-state index in [1.165, 1.54) is 25.7 Å². The molecule has 5 nitrogen and oxygen atoms in total. The van der Waals surface area contributed by atoms with Crippen LogP contribution in [-0.2, 0) is 19.1 Å². The Morgan fingerprint density at radius 1 is 1.00 bits per heavy atom. The van der Waals surface area contributed by atoms with Gasteiger partial charge in [-0.25, -0.2) is 4.79 Å². The van der Waals surface area contributed by atoms with Crippen LogP contribution in [-0.4, -0.2) is 34.8 Å². The average Bonchev–Trinajstić information content (AvgIpc) is 3.32. The Morgan fingerprint density at radius 2 is 1.67 bits per heavy atom. The first kappa shape index (κ1) is 17.4. The molecule has 1 heterocycles. The van der Waals surface area contributed by atoms with Crippen molar-refractivity contribution in [3.05, 3.63) is 12.2 Å². The van der Waals surface area contributed by atoms with Crippen molar-refractivity contribution in [1.29, 1.82) is 0 Å². The van der Waals surface area contributed by atoms with Gasteiger partial charge in [0.1, 0.15) is 6.10 Å². The highest BCUT2D eigenvalue weighted by Gasteiger charge is 2.69. The van der Waals surface area contributed by atoms with Crippen molar-refractivity contribution in [1.82, 2.24) is 4.90 Å². The van der Waals surface area contributed by atoms with Crippen LogP contribution in [0.1, 0.15) is 58.3 Å². The van der Waals surface area contributed by atoms with Crippen molar-refractivity contribution < 1.29 is 19.1 Å². The lowest BCUT2D eigenvalue weighted by Crippen LogP contribution is -2.68. The zero-order valence-corrected chi connectivity index (χ0v) is 16.1. The van der Waals surface area contributed by atoms with E-state index >= 15 is 0 Å². The van der Waals surface area contributed by atoms with Gasteiger partial charge in [-0.05, 0) is 75.5 Å². The first-order valence-corrected chi connectivity index (χ1v) is 10.7. The van der Waals surface area contributed by atoms with Gasteiger partial charge in [-0.1, -0.05) is 13.0 Å². The number of ether oxygens (including phenoxy) is 1. The molecule has 0 aromatic heterocycles. The Hall–Kier alpha value is -1.65. The van der Waals surface area contributed by atoms with Crippen LogP contribution in [0, 0.1) is 35.5 Å². The third-order valence-corrected chi connectivity index (χ3v) is 8.24. The summed E-state index contributed by atoms with van der Waals surface area (Å²) in [4.78, 5) is 39.3. The second-order valence-electron chi connectivity index (χ2n) is 9.54. The zero-order valence-electron chi connectivity index (χ0n) is 16.1. The van der Waals surface area contributed by atoms with Crippen LogP contribution in [0.5, 0.6) is 0 Å². The van der Waals surface area contributed by atoms with E-state index in [4.69, 9.17) is 4.74 Å². The Labute approximate surface area is 160 Å². The predicted molar refractivity (Wildman–Crippen MR) is 98.2 cm³/mol. The molecule has 27 heavy (non-hydrogen) atoms. The largest absolute Gasteiger partial charge is 0.459 e. The van der Waals surface area contributed by atoms with Crippen LogP contribution >= 0.6 is 0 Å². The molecule has 5 fully saturated rings. The maximum absolute atomic E-state index is 13.1. The minimum atomic E-state index is -0.348. The van der Waals surface area contributed by atoms with E-state index < -0.39 is 0 Å². The number of nitrogens with zero attached hydrogens (tertiary/aromatic N) is 1. The van der Waals surface area contributed by atoms with Crippen LogP contribution in [0.3, 0.4) is 0 Å². The van der Waals surface area contributed by atoms with Gasteiger partial charge in [-0.2, -0.15) is 0 Å². The molecule has 0 N–H and O–H groups in total. The number of amides is 2. The molecular weight excluding hydrogens is 342 g/mol. The van der Waals surface area contributed by atoms with Crippen LogP contribution in [0.2, 0.25) is 0 Å². The van der Waals surface area contributed by atoms with Crippen LogP contribution in [0.15, 0.2) is 12.2 Å². The van der Waals surface area contributed by atoms with Gasteiger partial charge in [-0.3, -0.25) is 14.5 Å². The van der Waals surface area contributed by atoms with Gasteiger partial charge in [-0.15, -0.1) is 0 Å². The number of β-lactam (4-membered cyclic amide) rings is 1. The highest BCUT2D eigenvalue weighted by molar-refractivity contribution is 6.03. The lowest BCUT2D eigenvalue weighted by Gasteiger charge is -2.52. The van der Waals surface area contributed by atoms with E-state index in [1.54, 1.807) is 11.8 Å². The topological polar surface area (TPSA) is 63.7 Å². The van der Waals surface area contributed by atoms with Crippen molar-refractivity contribution in [2.75, 3.05) is 0 Å². The number of rotatable bonds is 3. The van der Waals surface area contributed by atoms with E-state index in [9.17, 15) is 14.4 Å². The summed E-state index contributed by atoms with van der Waals surface area (Å²) in [5.41, 5.74) is 0.409. The molecule has 0 aromatic rings. The van der Waals surface area contributed by atoms with Crippen molar-refractivity contribution in [3.63, 3.8) is 0 Å². The monoisotopic (exact) mass is 371 g/mol. The van der Waals surface area contributed by atoms with Gasteiger partial charge >= 0.3 is 5.97 Å². The fraction of sp³-hybridized carbons (Fsp3) is 0.773. The molecule has 1 saturated heterocycles. The lowest BCUT2D eigenvalue weighted by molar-refractivity contribution is -0.176. The summed E-state index contributed by atoms with van der Waals surface area (Å²) in [5.74, 6) is 2.51. The summed E-state index contributed by atoms with van der Waals surface area (Å²) in [7, 11) is 0. The molecule has 4 saturated carbocycles. The Morgan fingerprint density at radius 3 is 2.33 bits per heavy atom. The number of likely N-dealkylation sites (tertiary alicyclic amines) is 1. The van der Waals surface area contributed by atoms with Gasteiger partial charge in [0.2, 0.25) is 11.8 Å². The maximum atomic E-state index is 13.1. The van der Waals surface area contributed by atoms with Gasteiger partial charge in [0.25, 0.3) is 0 Å². The van der Waals surface area contributed by atoms with Crippen LogP contribution in [0.4, 0.5) is 0 Å². The smallest absolute Gasteiger partial charge is 0.333 e. The van der Waals surface area contributed by atoms with Crippen molar-refractivity contribution in [2.45, 2.75) is 70.4 Å². The van der Waals surface area contributed by atoms with Gasteiger partial charge in [0, 0.05) is 11.5 Å². The molecule has 5 rings (SSSR count). The molecule has 5 aliphatic rings. The van der Waals surface area contributed by atoms with Crippen molar-refractivity contribution in [2.24, 2.45) is 35.5 Å². The third-order valence-electron chi connectivity index (χ3n) is 8.24. The molecule has 1 aliphatic heterocycles. The fourth-order valence-electron chi connectivity index (χ4n) is 7.11. The molecule has 0 radical (unpaired) electrons. The number of carbonyl (C=O) groups excluding carboxylic acids is 3. The molecule has 2 bridgehead atoms.